The summed E-state index contributed by atoms with van der Waals surface area (Å²) in [6.07, 6.45) is 1.14. The number of nitrogens with zero attached hydrogens (tertiary/aromatic N) is 1. The summed E-state index contributed by atoms with van der Waals surface area (Å²) in [7, 11) is -2.28. The van der Waals surface area contributed by atoms with E-state index in [0.717, 1.165) is 12.1 Å². The molecule has 0 saturated carbocycles. The number of benzene rings is 1. The minimum atomic E-state index is -3.75. The van der Waals surface area contributed by atoms with Crippen molar-refractivity contribution in [1.29, 1.82) is 0 Å². The number of rotatable bonds is 3. The Hall–Kier alpha value is -1.47. The summed E-state index contributed by atoms with van der Waals surface area (Å²) < 4.78 is 38.8. The van der Waals surface area contributed by atoms with Crippen molar-refractivity contribution in [2.75, 3.05) is 13.6 Å². The van der Waals surface area contributed by atoms with Crippen molar-refractivity contribution >= 4 is 15.9 Å². The van der Waals surface area contributed by atoms with Crippen LogP contribution in [0.4, 0.5) is 4.39 Å². The molecule has 0 aliphatic carbocycles. The molecule has 1 aromatic rings. The molecule has 1 aliphatic rings. The standard InChI is InChI=1S/C12H15FN2O3S/c1-14-12(16)11-3-2-8-15(11)19(17,18)10-6-4-9(13)5-7-10/h4-7,11H,2-3,8H2,1H3,(H,14,16)/t11-/m0/s1. The fourth-order valence-corrected chi connectivity index (χ4v) is 3.85. The van der Waals surface area contributed by atoms with Crippen molar-refractivity contribution in [1.82, 2.24) is 9.62 Å². The van der Waals surface area contributed by atoms with Crippen LogP contribution in [0.3, 0.4) is 0 Å². The van der Waals surface area contributed by atoms with Crippen LogP contribution in [0.1, 0.15) is 12.8 Å². The third-order valence-corrected chi connectivity index (χ3v) is 5.10. The van der Waals surface area contributed by atoms with E-state index in [-0.39, 0.29) is 10.8 Å². The predicted molar refractivity (Wildman–Crippen MR) is 67.4 cm³/mol. The highest BCUT2D eigenvalue weighted by molar-refractivity contribution is 7.89. The monoisotopic (exact) mass is 286 g/mol. The zero-order valence-electron chi connectivity index (χ0n) is 10.5. The van der Waals surface area contributed by atoms with E-state index in [0.29, 0.717) is 19.4 Å². The summed E-state index contributed by atoms with van der Waals surface area (Å²) in [6, 6.07) is 3.93. The van der Waals surface area contributed by atoms with Crippen LogP contribution in [-0.4, -0.2) is 38.3 Å². The Labute approximate surface area is 111 Å². The van der Waals surface area contributed by atoms with Gasteiger partial charge in [-0.05, 0) is 37.1 Å². The normalized spacial score (nSPS) is 20.4. The average Bonchev–Trinajstić information content (AvgIpc) is 2.88. The Morgan fingerprint density at radius 3 is 2.58 bits per heavy atom. The van der Waals surface area contributed by atoms with Crippen LogP contribution >= 0.6 is 0 Å². The highest BCUT2D eigenvalue weighted by atomic mass is 32.2. The molecular weight excluding hydrogens is 271 g/mol. The Kier molecular flexibility index (Phi) is 3.86. The van der Waals surface area contributed by atoms with Crippen LogP contribution in [0.2, 0.25) is 0 Å². The summed E-state index contributed by atoms with van der Waals surface area (Å²) in [5.41, 5.74) is 0. The molecule has 1 fully saturated rings. The van der Waals surface area contributed by atoms with Crippen molar-refractivity contribution in [2.45, 2.75) is 23.8 Å². The van der Waals surface area contributed by atoms with Gasteiger partial charge in [-0.3, -0.25) is 4.79 Å². The molecule has 1 atom stereocenters. The summed E-state index contributed by atoms with van der Waals surface area (Å²) in [4.78, 5) is 11.7. The molecular formula is C12H15FN2O3S. The van der Waals surface area contributed by atoms with Gasteiger partial charge in [0.25, 0.3) is 0 Å². The Balaban J connectivity index is 2.33. The molecule has 0 radical (unpaired) electrons. The van der Waals surface area contributed by atoms with E-state index in [1.165, 1.54) is 23.5 Å². The fourth-order valence-electron chi connectivity index (χ4n) is 2.20. The van der Waals surface area contributed by atoms with Crippen LogP contribution in [0, 0.1) is 5.82 Å². The maximum Gasteiger partial charge on any atom is 0.243 e. The second kappa shape index (κ2) is 5.26. The summed E-state index contributed by atoms with van der Waals surface area (Å²) in [5, 5.41) is 2.46. The zero-order chi connectivity index (χ0) is 14.0. The van der Waals surface area contributed by atoms with Gasteiger partial charge >= 0.3 is 0 Å². The lowest BCUT2D eigenvalue weighted by molar-refractivity contribution is -0.123. The van der Waals surface area contributed by atoms with Crippen molar-refractivity contribution in [3.8, 4) is 0 Å². The summed E-state index contributed by atoms with van der Waals surface area (Å²) in [5.74, 6) is -0.814. The van der Waals surface area contributed by atoms with Gasteiger partial charge in [0, 0.05) is 13.6 Å². The third-order valence-electron chi connectivity index (χ3n) is 3.17. The largest absolute Gasteiger partial charge is 0.358 e. The van der Waals surface area contributed by atoms with Crippen molar-refractivity contribution in [3.63, 3.8) is 0 Å². The van der Waals surface area contributed by atoms with Crippen molar-refractivity contribution < 1.29 is 17.6 Å². The Morgan fingerprint density at radius 2 is 2.00 bits per heavy atom. The van der Waals surface area contributed by atoms with E-state index in [1.54, 1.807) is 0 Å². The number of likely N-dealkylation sites (N-methyl/N-ethyl adjacent to an activating group) is 1. The molecule has 0 bridgehead atoms. The van der Waals surface area contributed by atoms with Gasteiger partial charge in [-0.25, -0.2) is 12.8 Å². The smallest absolute Gasteiger partial charge is 0.243 e. The maximum absolute atomic E-state index is 12.8. The molecule has 1 saturated heterocycles. The van der Waals surface area contributed by atoms with E-state index in [9.17, 15) is 17.6 Å². The van der Waals surface area contributed by atoms with E-state index in [2.05, 4.69) is 5.32 Å². The maximum atomic E-state index is 12.8. The minimum Gasteiger partial charge on any atom is -0.358 e. The van der Waals surface area contributed by atoms with Gasteiger partial charge in [-0.2, -0.15) is 4.31 Å². The molecule has 2 rings (SSSR count). The van der Waals surface area contributed by atoms with Gasteiger partial charge < -0.3 is 5.32 Å². The number of carbonyl (C=O) groups is 1. The molecule has 1 amide bonds. The van der Waals surface area contributed by atoms with Crippen LogP contribution < -0.4 is 5.32 Å². The molecule has 104 valence electrons. The molecule has 0 aromatic heterocycles. The second-order valence-corrected chi connectivity index (χ2v) is 6.23. The zero-order valence-corrected chi connectivity index (χ0v) is 11.3. The molecule has 0 unspecified atom stereocenters. The highest BCUT2D eigenvalue weighted by Crippen LogP contribution is 2.26. The molecule has 1 aliphatic heterocycles. The number of hydrogen-bond donors (Lipinski definition) is 1. The van der Waals surface area contributed by atoms with Crippen LogP contribution in [0.5, 0.6) is 0 Å². The number of carbonyl (C=O) groups excluding carboxylic acids is 1. The number of amides is 1. The quantitative estimate of drug-likeness (QED) is 0.890. The topological polar surface area (TPSA) is 66.5 Å². The second-order valence-electron chi connectivity index (χ2n) is 4.34. The third kappa shape index (κ3) is 2.62. The Morgan fingerprint density at radius 1 is 1.37 bits per heavy atom. The van der Waals surface area contributed by atoms with E-state index in [1.807, 2.05) is 0 Å². The van der Waals surface area contributed by atoms with Gasteiger partial charge in [0.15, 0.2) is 0 Å². The van der Waals surface area contributed by atoms with Crippen molar-refractivity contribution in [2.24, 2.45) is 0 Å². The van der Waals surface area contributed by atoms with Gasteiger partial charge in [-0.1, -0.05) is 0 Å². The lowest BCUT2D eigenvalue weighted by atomic mass is 10.2. The average molecular weight is 286 g/mol. The van der Waals surface area contributed by atoms with Gasteiger partial charge in [0.1, 0.15) is 11.9 Å². The molecule has 1 N–H and O–H groups in total. The Bertz CT molecular complexity index is 571. The van der Waals surface area contributed by atoms with Crippen LogP contribution in [0.15, 0.2) is 29.2 Å². The molecule has 19 heavy (non-hydrogen) atoms. The molecule has 0 spiro atoms. The minimum absolute atomic E-state index is 0.00435. The van der Waals surface area contributed by atoms with Crippen molar-refractivity contribution in [3.05, 3.63) is 30.1 Å². The molecule has 5 nitrogen and oxygen atoms in total. The predicted octanol–water partition coefficient (Wildman–Crippen LogP) is 0.725. The first kappa shape index (κ1) is 14.0. The lowest BCUT2D eigenvalue weighted by Gasteiger charge is -2.22. The molecule has 7 heteroatoms. The lowest BCUT2D eigenvalue weighted by Crippen LogP contribution is -2.44. The first-order chi connectivity index (χ1) is 8.96. The van der Waals surface area contributed by atoms with E-state index < -0.39 is 21.9 Å². The van der Waals surface area contributed by atoms with Crippen LogP contribution in [0.25, 0.3) is 0 Å². The van der Waals surface area contributed by atoms with E-state index >= 15 is 0 Å². The van der Waals surface area contributed by atoms with Gasteiger partial charge in [0.2, 0.25) is 15.9 Å². The number of hydrogen-bond acceptors (Lipinski definition) is 3. The first-order valence-corrected chi connectivity index (χ1v) is 7.40. The van der Waals surface area contributed by atoms with Gasteiger partial charge in [0.05, 0.1) is 4.90 Å². The fraction of sp³-hybridized carbons (Fsp3) is 0.417. The van der Waals surface area contributed by atoms with Gasteiger partial charge in [-0.15, -0.1) is 0 Å². The highest BCUT2D eigenvalue weighted by Gasteiger charge is 2.38. The summed E-state index contributed by atoms with van der Waals surface area (Å²) >= 11 is 0. The number of nitrogens with one attached hydrogen (secondary N) is 1. The molecule has 1 aromatic carbocycles. The van der Waals surface area contributed by atoms with E-state index in [4.69, 9.17) is 0 Å². The SMILES string of the molecule is CNC(=O)[C@@H]1CCCN1S(=O)(=O)c1ccc(F)cc1. The first-order valence-electron chi connectivity index (χ1n) is 5.96. The number of halogens is 1. The number of sulfonamides is 1. The summed E-state index contributed by atoms with van der Waals surface area (Å²) in [6.45, 7) is 0.303. The van der Waals surface area contributed by atoms with Crippen LogP contribution in [-0.2, 0) is 14.8 Å². The molecule has 1 heterocycles.